The van der Waals surface area contributed by atoms with Crippen molar-refractivity contribution < 1.29 is 9.84 Å². The Morgan fingerprint density at radius 3 is 2.74 bits per heavy atom. The van der Waals surface area contributed by atoms with E-state index in [1.165, 1.54) is 24.0 Å². The zero-order chi connectivity index (χ0) is 14.2. The van der Waals surface area contributed by atoms with Gasteiger partial charge in [0.05, 0.1) is 12.0 Å². The fourth-order valence-electron chi connectivity index (χ4n) is 3.55. The molecule has 0 aromatic carbocycles. The molecule has 106 valence electrons. The first-order valence-corrected chi connectivity index (χ1v) is 7.39. The lowest BCUT2D eigenvalue weighted by atomic mass is 9.73. The largest absolute Gasteiger partial charge is 0.490 e. The van der Waals surface area contributed by atoms with E-state index in [0.717, 1.165) is 18.4 Å². The van der Waals surface area contributed by atoms with Crippen LogP contribution in [0, 0.1) is 11.8 Å². The third-order valence-corrected chi connectivity index (χ3v) is 4.64. The Kier molecular flexibility index (Phi) is 4.19. The highest BCUT2D eigenvalue weighted by molar-refractivity contribution is 5.38. The van der Waals surface area contributed by atoms with Gasteiger partial charge < -0.3 is 9.84 Å². The molecule has 1 heterocycles. The molecule has 2 aliphatic rings. The number of ether oxygens (including phenoxy) is 1. The van der Waals surface area contributed by atoms with Gasteiger partial charge in [0.1, 0.15) is 11.9 Å². The van der Waals surface area contributed by atoms with Gasteiger partial charge in [-0.2, -0.15) is 0 Å². The van der Waals surface area contributed by atoms with Gasteiger partial charge in [0.25, 0.3) is 0 Å². The summed E-state index contributed by atoms with van der Waals surface area (Å²) in [6, 6.07) is 0. The van der Waals surface area contributed by atoms with Crippen molar-refractivity contribution in [3.8, 4) is 0 Å². The SMILES string of the molecule is C=C1O[C@@H]2CC(C)=C([C@@H](C)CCCC)[C@H](O)[C@@H]2C1=C. The lowest BCUT2D eigenvalue weighted by Gasteiger charge is -2.35. The topological polar surface area (TPSA) is 29.5 Å². The van der Waals surface area contributed by atoms with Gasteiger partial charge >= 0.3 is 0 Å². The van der Waals surface area contributed by atoms with Gasteiger partial charge in [0.15, 0.2) is 0 Å². The number of hydrogen-bond acceptors (Lipinski definition) is 2. The predicted molar refractivity (Wildman–Crippen MR) is 78.7 cm³/mol. The van der Waals surface area contributed by atoms with E-state index in [0.29, 0.717) is 11.7 Å². The summed E-state index contributed by atoms with van der Waals surface area (Å²) >= 11 is 0. The molecule has 0 aromatic heterocycles. The monoisotopic (exact) mass is 262 g/mol. The first-order chi connectivity index (χ1) is 8.97. The minimum Gasteiger partial charge on any atom is -0.490 e. The van der Waals surface area contributed by atoms with E-state index < -0.39 is 6.10 Å². The molecule has 0 amide bonds. The van der Waals surface area contributed by atoms with Crippen molar-refractivity contribution >= 4 is 0 Å². The Balaban J connectivity index is 2.22. The molecule has 1 aliphatic heterocycles. The number of fused-ring (bicyclic) bond motifs is 1. The molecule has 0 spiro atoms. The molecule has 0 aromatic rings. The van der Waals surface area contributed by atoms with Crippen molar-refractivity contribution in [2.24, 2.45) is 11.8 Å². The zero-order valence-electron chi connectivity index (χ0n) is 12.4. The van der Waals surface area contributed by atoms with Crippen molar-refractivity contribution in [3.63, 3.8) is 0 Å². The van der Waals surface area contributed by atoms with Crippen LogP contribution in [0.15, 0.2) is 35.6 Å². The zero-order valence-corrected chi connectivity index (χ0v) is 12.4. The van der Waals surface area contributed by atoms with Crippen LogP contribution in [0.1, 0.15) is 46.5 Å². The normalized spacial score (nSPS) is 32.3. The molecule has 1 fully saturated rings. The fraction of sp³-hybridized carbons (Fsp3) is 0.647. The first-order valence-electron chi connectivity index (χ1n) is 7.39. The van der Waals surface area contributed by atoms with Gasteiger partial charge in [-0.1, -0.05) is 45.4 Å². The predicted octanol–water partition coefficient (Wildman–Crippen LogP) is 3.98. The van der Waals surface area contributed by atoms with Crippen LogP contribution in [0.25, 0.3) is 0 Å². The lowest BCUT2D eigenvalue weighted by molar-refractivity contribution is 0.0519. The minimum absolute atomic E-state index is 0.00952. The van der Waals surface area contributed by atoms with Gasteiger partial charge in [-0.3, -0.25) is 0 Å². The first kappa shape index (κ1) is 14.4. The fourth-order valence-corrected chi connectivity index (χ4v) is 3.55. The van der Waals surface area contributed by atoms with E-state index in [1.807, 2.05) is 0 Å². The van der Waals surface area contributed by atoms with E-state index in [4.69, 9.17) is 4.74 Å². The van der Waals surface area contributed by atoms with Crippen LogP contribution < -0.4 is 0 Å². The van der Waals surface area contributed by atoms with Gasteiger partial charge in [-0.25, -0.2) is 0 Å². The number of hydrogen-bond donors (Lipinski definition) is 1. The number of allylic oxidation sites excluding steroid dienone is 1. The second-order valence-electron chi connectivity index (χ2n) is 6.06. The molecule has 1 aliphatic carbocycles. The second kappa shape index (κ2) is 5.54. The number of aliphatic hydroxyl groups is 1. The minimum atomic E-state index is -0.447. The van der Waals surface area contributed by atoms with Crippen LogP contribution in [0.5, 0.6) is 0 Å². The Morgan fingerprint density at radius 2 is 2.11 bits per heavy atom. The standard InChI is InChI=1S/C17H26O2/c1-6-7-8-10(2)15-11(3)9-14-16(17(15)18)12(4)13(5)19-14/h10,14,16-18H,4-9H2,1-3H3/t10-,14+,16+,17-/m0/s1. The van der Waals surface area contributed by atoms with Crippen LogP contribution in [0.4, 0.5) is 0 Å². The molecule has 19 heavy (non-hydrogen) atoms. The summed E-state index contributed by atoms with van der Waals surface area (Å²) in [7, 11) is 0. The van der Waals surface area contributed by atoms with Crippen molar-refractivity contribution in [3.05, 3.63) is 35.6 Å². The van der Waals surface area contributed by atoms with Crippen molar-refractivity contribution in [1.29, 1.82) is 0 Å². The summed E-state index contributed by atoms with van der Waals surface area (Å²) < 4.78 is 5.74. The van der Waals surface area contributed by atoms with Crippen LogP contribution in [0.2, 0.25) is 0 Å². The molecule has 1 N–H and O–H groups in total. The number of aliphatic hydroxyl groups excluding tert-OH is 1. The van der Waals surface area contributed by atoms with Crippen LogP contribution in [-0.4, -0.2) is 17.3 Å². The quantitative estimate of drug-likeness (QED) is 0.777. The van der Waals surface area contributed by atoms with Crippen molar-refractivity contribution in [1.82, 2.24) is 0 Å². The molecule has 2 heteroatoms. The van der Waals surface area contributed by atoms with Gasteiger partial charge in [0, 0.05) is 6.42 Å². The second-order valence-corrected chi connectivity index (χ2v) is 6.06. The third-order valence-electron chi connectivity index (χ3n) is 4.64. The Hall–Kier alpha value is -1.02. The lowest BCUT2D eigenvalue weighted by Crippen LogP contribution is -2.37. The maximum atomic E-state index is 10.7. The Morgan fingerprint density at radius 1 is 1.42 bits per heavy atom. The van der Waals surface area contributed by atoms with Crippen LogP contribution in [-0.2, 0) is 4.74 Å². The summed E-state index contributed by atoms with van der Waals surface area (Å²) in [5.74, 6) is 1.11. The van der Waals surface area contributed by atoms with Gasteiger partial charge in [-0.15, -0.1) is 0 Å². The van der Waals surface area contributed by atoms with Crippen LogP contribution in [0.3, 0.4) is 0 Å². The summed E-state index contributed by atoms with van der Waals surface area (Å²) in [6.45, 7) is 14.5. The molecule has 2 rings (SSSR count). The molecule has 0 bridgehead atoms. The summed E-state index contributed by atoms with van der Waals surface area (Å²) in [5, 5.41) is 10.7. The highest BCUT2D eigenvalue weighted by Crippen LogP contribution is 2.46. The average molecular weight is 262 g/mol. The molecular formula is C17H26O2. The molecular weight excluding hydrogens is 236 g/mol. The van der Waals surface area contributed by atoms with Crippen molar-refractivity contribution in [2.75, 3.05) is 0 Å². The number of rotatable bonds is 4. The molecule has 0 radical (unpaired) electrons. The maximum Gasteiger partial charge on any atom is 0.115 e. The van der Waals surface area contributed by atoms with Gasteiger partial charge in [-0.05, 0) is 30.4 Å². The molecule has 2 nitrogen and oxygen atoms in total. The van der Waals surface area contributed by atoms with Crippen molar-refractivity contribution in [2.45, 2.75) is 58.7 Å². The Labute approximate surface area is 116 Å². The van der Waals surface area contributed by atoms with E-state index in [-0.39, 0.29) is 12.0 Å². The van der Waals surface area contributed by atoms with Crippen LogP contribution >= 0.6 is 0 Å². The summed E-state index contributed by atoms with van der Waals surface area (Å²) in [4.78, 5) is 0. The van der Waals surface area contributed by atoms with E-state index >= 15 is 0 Å². The van der Waals surface area contributed by atoms with Gasteiger partial charge in [0.2, 0.25) is 0 Å². The maximum absolute atomic E-state index is 10.7. The number of unbranched alkanes of at least 4 members (excludes halogenated alkanes) is 1. The molecule has 0 saturated carbocycles. The smallest absolute Gasteiger partial charge is 0.115 e. The third kappa shape index (κ3) is 2.51. The molecule has 0 unspecified atom stereocenters. The summed E-state index contributed by atoms with van der Waals surface area (Å²) in [5.41, 5.74) is 3.39. The molecule has 4 atom stereocenters. The highest BCUT2D eigenvalue weighted by atomic mass is 16.5. The average Bonchev–Trinajstić information content (AvgIpc) is 2.62. The highest BCUT2D eigenvalue weighted by Gasteiger charge is 2.45. The summed E-state index contributed by atoms with van der Waals surface area (Å²) in [6.07, 6.45) is 4.04. The van der Waals surface area contributed by atoms with E-state index in [9.17, 15) is 5.11 Å². The van der Waals surface area contributed by atoms with E-state index in [1.54, 1.807) is 0 Å². The Bertz CT molecular complexity index is 419. The van der Waals surface area contributed by atoms with E-state index in [2.05, 4.69) is 33.9 Å². The molecule has 1 saturated heterocycles.